The van der Waals surface area contributed by atoms with Gasteiger partial charge in [-0.05, 0) is 47.5 Å². The van der Waals surface area contributed by atoms with Crippen LogP contribution in [0.3, 0.4) is 0 Å². The van der Waals surface area contributed by atoms with Crippen molar-refractivity contribution < 1.29 is 14.0 Å². The fraction of sp³-hybridized carbons (Fsp3) is 0.0952. The number of carbonyl (C=O) groups excluding carboxylic acids is 2. The Balaban J connectivity index is 1.57. The number of aromatic nitrogens is 1. The fourth-order valence-electron chi connectivity index (χ4n) is 2.58. The fourth-order valence-corrected chi connectivity index (χ4v) is 2.58. The van der Waals surface area contributed by atoms with Crippen molar-refractivity contribution in [1.29, 1.82) is 0 Å². The number of benzene rings is 2. The lowest BCUT2D eigenvalue weighted by Crippen LogP contribution is -2.23. The third kappa shape index (κ3) is 5.47. The van der Waals surface area contributed by atoms with Gasteiger partial charge in [-0.2, -0.15) is 0 Å². The summed E-state index contributed by atoms with van der Waals surface area (Å²) in [6, 6.07) is 16.5. The van der Waals surface area contributed by atoms with Gasteiger partial charge in [-0.25, -0.2) is 4.39 Å². The Morgan fingerprint density at radius 3 is 2.56 bits per heavy atom. The van der Waals surface area contributed by atoms with Crippen LogP contribution in [0.15, 0.2) is 73.1 Å². The Morgan fingerprint density at radius 1 is 0.963 bits per heavy atom. The van der Waals surface area contributed by atoms with Crippen LogP contribution < -0.4 is 10.6 Å². The van der Waals surface area contributed by atoms with Crippen LogP contribution in [0, 0.1) is 5.82 Å². The zero-order chi connectivity index (χ0) is 19.1. The molecular formula is C21H18FN3O2. The zero-order valence-corrected chi connectivity index (χ0v) is 14.5. The second-order valence-corrected chi connectivity index (χ2v) is 5.98. The van der Waals surface area contributed by atoms with Crippen molar-refractivity contribution >= 4 is 17.5 Å². The van der Waals surface area contributed by atoms with Crippen molar-refractivity contribution in [3.63, 3.8) is 0 Å². The summed E-state index contributed by atoms with van der Waals surface area (Å²) >= 11 is 0. The van der Waals surface area contributed by atoms with Crippen molar-refractivity contribution in [2.45, 2.75) is 13.0 Å². The van der Waals surface area contributed by atoms with Crippen LogP contribution in [0.4, 0.5) is 10.1 Å². The van der Waals surface area contributed by atoms with Gasteiger partial charge in [0.2, 0.25) is 5.91 Å². The van der Waals surface area contributed by atoms with E-state index < -0.39 is 0 Å². The van der Waals surface area contributed by atoms with E-state index in [0.29, 0.717) is 23.4 Å². The number of rotatable bonds is 6. The molecule has 0 aliphatic rings. The molecule has 3 rings (SSSR count). The van der Waals surface area contributed by atoms with E-state index in [-0.39, 0.29) is 24.1 Å². The maximum absolute atomic E-state index is 13.2. The Bertz CT molecular complexity index is 945. The Labute approximate surface area is 156 Å². The standard InChI is InChI=1S/C21H18FN3O2/c22-18-7-1-4-15(10-18)12-20(26)25-19-8-2-5-16(11-19)13-24-21(27)17-6-3-9-23-14-17/h1-11,14H,12-13H2,(H,24,27)(H,25,26). The second kappa shape index (κ2) is 8.71. The number of anilines is 1. The third-order valence-corrected chi connectivity index (χ3v) is 3.84. The van der Waals surface area contributed by atoms with Crippen molar-refractivity contribution in [3.05, 3.63) is 95.6 Å². The molecule has 0 aliphatic carbocycles. The van der Waals surface area contributed by atoms with Crippen LogP contribution in [0.5, 0.6) is 0 Å². The van der Waals surface area contributed by atoms with Gasteiger partial charge in [-0.15, -0.1) is 0 Å². The molecule has 2 N–H and O–H groups in total. The second-order valence-electron chi connectivity index (χ2n) is 5.98. The highest BCUT2D eigenvalue weighted by Crippen LogP contribution is 2.12. The summed E-state index contributed by atoms with van der Waals surface area (Å²) in [4.78, 5) is 28.1. The average Bonchev–Trinajstić information content (AvgIpc) is 2.67. The first-order valence-electron chi connectivity index (χ1n) is 8.41. The lowest BCUT2D eigenvalue weighted by molar-refractivity contribution is -0.115. The number of carbonyl (C=O) groups is 2. The first-order chi connectivity index (χ1) is 13.1. The minimum atomic E-state index is -0.369. The summed E-state index contributed by atoms with van der Waals surface area (Å²) in [6.45, 7) is 0.321. The van der Waals surface area contributed by atoms with Gasteiger partial charge in [0.15, 0.2) is 0 Å². The minimum Gasteiger partial charge on any atom is -0.348 e. The van der Waals surface area contributed by atoms with E-state index in [2.05, 4.69) is 15.6 Å². The number of amides is 2. The van der Waals surface area contributed by atoms with Gasteiger partial charge in [0.1, 0.15) is 5.82 Å². The smallest absolute Gasteiger partial charge is 0.253 e. The summed E-state index contributed by atoms with van der Waals surface area (Å²) < 4.78 is 13.2. The van der Waals surface area contributed by atoms with Crippen LogP contribution in [0.2, 0.25) is 0 Å². The first-order valence-corrected chi connectivity index (χ1v) is 8.41. The largest absolute Gasteiger partial charge is 0.348 e. The number of halogens is 1. The van der Waals surface area contributed by atoms with E-state index in [4.69, 9.17) is 0 Å². The van der Waals surface area contributed by atoms with Gasteiger partial charge < -0.3 is 10.6 Å². The molecule has 5 nitrogen and oxygen atoms in total. The third-order valence-electron chi connectivity index (χ3n) is 3.84. The number of hydrogen-bond acceptors (Lipinski definition) is 3. The molecule has 0 saturated heterocycles. The normalized spacial score (nSPS) is 10.3. The Morgan fingerprint density at radius 2 is 1.78 bits per heavy atom. The monoisotopic (exact) mass is 363 g/mol. The van der Waals surface area contributed by atoms with Crippen LogP contribution in [-0.4, -0.2) is 16.8 Å². The van der Waals surface area contributed by atoms with Crippen molar-refractivity contribution in [1.82, 2.24) is 10.3 Å². The predicted molar refractivity (Wildman–Crippen MR) is 101 cm³/mol. The number of nitrogens with zero attached hydrogens (tertiary/aromatic N) is 1. The molecular weight excluding hydrogens is 345 g/mol. The number of hydrogen-bond donors (Lipinski definition) is 2. The van der Waals surface area contributed by atoms with E-state index in [1.807, 2.05) is 6.07 Å². The van der Waals surface area contributed by atoms with Crippen LogP contribution in [0.1, 0.15) is 21.5 Å². The topological polar surface area (TPSA) is 71.1 Å². The van der Waals surface area contributed by atoms with E-state index in [1.165, 1.54) is 18.3 Å². The lowest BCUT2D eigenvalue weighted by atomic mass is 10.1. The molecule has 0 spiro atoms. The van der Waals surface area contributed by atoms with Gasteiger partial charge in [0, 0.05) is 24.6 Å². The predicted octanol–water partition coefficient (Wildman–Crippen LogP) is 3.33. The summed E-state index contributed by atoms with van der Waals surface area (Å²) in [7, 11) is 0. The molecule has 0 aliphatic heterocycles. The first kappa shape index (κ1) is 18.3. The van der Waals surface area contributed by atoms with E-state index in [9.17, 15) is 14.0 Å². The summed E-state index contributed by atoms with van der Waals surface area (Å²) in [6.07, 6.45) is 3.19. The molecule has 0 atom stereocenters. The molecule has 0 fully saturated rings. The van der Waals surface area contributed by atoms with Crippen LogP contribution in [0.25, 0.3) is 0 Å². The highest BCUT2D eigenvalue weighted by molar-refractivity contribution is 5.94. The highest BCUT2D eigenvalue weighted by atomic mass is 19.1. The molecule has 6 heteroatoms. The maximum atomic E-state index is 13.2. The molecule has 0 saturated carbocycles. The average molecular weight is 363 g/mol. The van der Waals surface area contributed by atoms with E-state index in [1.54, 1.807) is 48.7 Å². The Kier molecular flexibility index (Phi) is 5.89. The summed E-state index contributed by atoms with van der Waals surface area (Å²) in [5, 5.41) is 5.59. The lowest BCUT2D eigenvalue weighted by Gasteiger charge is -2.09. The van der Waals surface area contributed by atoms with Gasteiger partial charge >= 0.3 is 0 Å². The summed E-state index contributed by atoms with van der Waals surface area (Å²) in [5.41, 5.74) is 2.55. The van der Waals surface area contributed by atoms with Crippen molar-refractivity contribution in [2.24, 2.45) is 0 Å². The molecule has 1 heterocycles. The minimum absolute atomic E-state index is 0.0831. The van der Waals surface area contributed by atoms with Gasteiger partial charge in [0.25, 0.3) is 5.91 Å². The van der Waals surface area contributed by atoms with Gasteiger partial charge in [-0.1, -0.05) is 24.3 Å². The molecule has 3 aromatic rings. The molecule has 0 bridgehead atoms. The molecule has 0 radical (unpaired) electrons. The van der Waals surface area contributed by atoms with Gasteiger partial charge in [-0.3, -0.25) is 14.6 Å². The molecule has 0 unspecified atom stereocenters. The van der Waals surface area contributed by atoms with Crippen LogP contribution >= 0.6 is 0 Å². The van der Waals surface area contributed by atoms with Gasteiger partial charge in [0.05, 0.1) is 12.0 Å². The van der Waals surface area contributed by atoms with Crippen LogP contribution in [-0.2, 0) is 17.8 Å². The highest BCUT2D eigenvalue weighted by Gasteiger charge is 2.07. The molecule has 27 heavy (non-hydrogen) atoms. The summed E-state index contributed by atoms with van der Waals surface area (Å²) in [5.74, 6) is -0.826. The molecule has 2 amide bonds. The number of pyridine rings is 1. The maximum Gasteiger partial charge on any atom is 0.253 e. The number of nitrogens with one attached hydrogen (secondary N) is 2. The quantitative estimate of drug-likeness (QED) is 0.706. The van der Waals surface area contributed by atoms with Crippen molar-refractivity contribution in [3.8, 4) is 0 Å². The SMILES string of the molecule is O=C(Cc1cccc(F)c1)Nc1cccc(CNC(=O)c2cccnc2)c1. The van der Waals surface area contributed by atoms with E-state index >= 15 is 0 Å². The Hall–Kier alpha value is -3.54. The molecule has 2 aromatic carbocycles. The zero-order valence-electron chi connectivity index (χ0n) is 14.5. The molecule has 136 valence electrons. The van der Waals surface area contributed by atoms with Crippen molar-refractivity contribution in [2.75, 3.05) is 5.32 Å². The van der Waals surface area contributed by atoms with E-state index in [0.717, 1.165) is 5.56 Å². The molecule has 1 aromatic heterocycles.